The molecule has 2 heterocycles. The second-order valence-corrected chi connectivity index (χ2v) is 6.47. The van der Waals surface area contributed by atoms with Gasteiger partial charge in [0.25, 0.3) is 0 Å². The van der Waals surface area contributed by atoms with E-state index in [1.807, 2.05) is 24.3 Å². The summed E-state index contributed by atoms with van der Waals surface area (Å²) in [5, 5.41) is 10.3. The molecule has 2 aromatic carbocycles. The molecule has 0 spiro atoms. The molecule has 1 atom stereocenters. The van der Waals surface area contributed by atoms with Crippen molar-refractivity contribution in [1.82, 2.24) is 9.78 Å². The van der Waals surface area contributed by atoms with Crippen LogP contribution in [-0.4, -0.2) is 28.5 Å². The number of para-hydroxylation sites is 2. The summed E-state index contributed by atoms with van der Waals surface area (Å²) in [7, 11) is 0. The maximum atomic E-state index is 12.1. The van der Waals surface area contributed by atoms with E-state index < -0.39 is 0 Å². The molecule has 0 bridgehead atoms. The highest BCUT2D eigenvalue weighted by Crippen LogP contribution is 2.31. The zero-order valence-electron chi connectivity index (χ0n) is 14.3. The molecule has 4 rings (SSSR count). The van der Waals surface area contributed by atoms with Crippen LogP contribution in [0.15, 0.2) is 60.9 Å². The normalized spacial score (nSPS) is 15.2. The van der Waals surface area contributed by atoms with Crippen LogP contribution in [-0.2, 0) is 6.54 Å². The Balaban J connectivity index is 1.32. The topological polar surface area (TPSA) is 77.4 Å². The predicted octanol–water partition coefficient (Wildman–Crippen LogP) is 4.02. The van der Waals surface area contributed by atoms with E-state index in [1.165, 1.54) is 0 Å². The largest absolute Gasteiger partial charge is 0.486 e. The third-order valence-corrected chi connectivity index (χ3v) is 4.20. The molecule has 0 fully saturated rings. The van der Waals surface area contributed by atoms with Gasteiger partial charge in [0.2, 0.25) is 0 Å². The van der Waals surface area contributed by atoms with Crippen molar-refractivity contribution in [3.63, 3.8) is 0 Å². The molecular formula is C19H17ClN4O3. The monoisotopic (exact) mass is 384 g/mol. The van der Waals surface area contributed by atoms with Gasteiger partial charge in [0.15, 0.2) is 17.6 Å². The molecule has 138 valence electrons. The molecule has 1 aliphatic rings. The predicted molar refractivity (Wildman–Crippen MR) is 103 cm³/mol. The Bertz CT molecular complexity index is 942. The van der Waals surface area contributed by atoms with E-state index in [-0.39, 0.29) is 12.1 Å². The number of rotatable bonds is 4. The number of aromatic nitrogens is 2. The Morgan fingerprint density at radius 2 is 1.85 bits per heavy atom. The summed E-state index contributed by atoms with van der Waals surface area (Å²) in [6, 6.07) is 14.1. The summed E-state index contributed by atoms with van der Waals surface area (Å²) in [5.41, 5.74) is 1.23. The lowest BCUT2D eigenvalue weighted by Gasteiger charge is -2.26. The minimum atomic E-state index is -0.358. The number of carbonyl (C=O) groups is 1. The van der Waals surface area contributed by atoms with Crippen molar-refractivity contribution in [2.24, 2.45) is 0 Å². The van der Waals surface area contributed by atoms with Crippen LogP contribution in [0.5, 0.6) is 11.5 Å². The molecule has 0 radical (unpaired) electrons. The molecule has 1 aromatic heterocycles. The van der Waals surface area contributed by atoms with Gasteiger partial charge < -0.3 is 20.1 Å². The van der Waals surface area contributed by atoms with Crippen LogP contribution in [0, 0.1) is 0 Å². The zero-order valence-corrected chi connectivity index (χ0v) is 15.0. The lowest BCUT2D eigenvalue weighted by atomic mass is 10.2. The van der Waals surface area contributed by atoms with Crippen molar-refractivity contribution in [2.45, 2.75) is 12.6 Å². The van der Waals surface area contributed by atoms with Gasteiger partial charge in [-0.2, -0.15) is 5.10 Å². The minimum Gasteiger partial charge on any atom is -0.486 e. The molecule has 0 saturated heterocycles. The van der Waals surface area contributed by atoms with Gasteiger partial charge >= 0.3 is 6.03 Å². The highest BCUT2D eigenvalue weighted by Gasteiger charge is 2.21. The Morgan fingerprint density at radius 1 is 1.11 bits per heavy atom. The summed E-state index contributed by atoms with van der Waals surface area (Å²) in [6.45, 7) is 0.950. The number of ether oxygens (including phenoxy) is 2. The summed E-state index contributed by atoms with van der Waals surface area (Å²) >= 11 is 5.83. The molecule has 2 amide bonds. The Labute approximate surface area is 160 Å². The van der Waals surface area contributed by atoms with Gasteiger partial charge in [-0.1, -0.05) is 23.7 Å². The first-order chi connectivity index (χ1) is 13.2. The fraction of sp³-hybridized carbons (Fsp3) is 0.158. The van der Waals surface area contributed by atoms with Crippen molar-refractivity contribution in [1.29, 1.82) is 0 Å². The number of benzene rings is 2. The molecule has 3 aromatic rings. The lowest BCUT2D eigenvalue weighted by molar-refractivity contribution is 0.0759. The fourth-order valence-corrected chi connectivity index (χ4v) is 2.84. The number of urea groups is 1. The summed E-state index contributed by atoms with van der Waals surface area (Å²) < 4.78 is 13.3. The Hall–Kier alpha value is -3.19. The van der Waals surface area contributed by atoms with Gasteiger partial charge in [-0.05, 0) is 36.4 Å². The molecular weight excluding hydrogens is 368 g/mol. The average molecular weight is 385 g/mol. The molecule has 27 heavy (non-hydrogen) atoms. The number of fused-ring (bicyclic) bond motifs is 1. The van der Waals surface area contributed by atoms with E-state index in [2.05, 4.69) is 15.7 Å². The Kier molecular flexibility index (Phi) is 4.84. The van der Waals surface area contributed by atoms with E-state index in [1.54, 1.807) is 41.3 Å². The van der Waals surface area contributed by atoms with Gasteiger partial charge in [0.1, 0.15) is 6.61 Å². The molecule has 1 aliphatic heterocycles. The first-order valence-corrected chi connectivity index (χ1v) is 8.78. The number of nitrogens with one attached hydrogen (secondary N) is 2. The van der Waals surface area contributed by atoms with Crippen molar-refractivity contribution < 1.29 is 14.3 Å². The molecule has 1 unspecified atom stereocenters. The van der Waals surface area contributed by atoms with E-state index in [9.17, 15) is 4.79 Å². The summed E-state index contributed by atoms with van der Waals surface area (Å²) in [5.74, 6) is 1.47. The van der Waals surface area contributed by atoms with Gasteiger partial charge in [0.05, 0.1) is 18.4 Å². The van der Waals surface area contributed by atoms with Crippen molar-refractivity contribution in [3.8, 4) is 11.5 Å². The second kappa shape index (κ2) is 7.59. The SMILES string of the molecule is O=C(Nc1ccc(Cl)cc1)Nc1cnn(CC2COc3ccccc3O2)c1. The smallest absolute Gasteiger partial charge is 0.323 e. The van der Waals surface area contributed by atoms with Crippen LogP contribution < -0.4 is 20.1 Å². The first-order valence-electron chi connectivity index (χ1n) is 8.40. The van der Waals surface area contributed by atoms with E-state index in [0.717, 1.165) is 11.5 Å². The van der Waals surface area contributed by atoms with Crippen LogP contribution >= 0.6 is 11.6 Å². The highest BCUT2D eigenvalue weighted by atomic mass is 35.5. The van der Waals surface area contributed by atoms with E-state index >= 15 is 0 Å². The summed E-state index contributed by atoms with van der Waals surface area (Å²) in [6.07, 6.45) is 3.17. The van der Waals surface area contributed by atoms with Gasteiger partial charge in [0, 0.05) is 16.9 Å². The van der Waals surface area contributed by atoms with Crippen LogP contribution in [0.1, 0.15) is 0 Å². The van der Waals surface area contributed by atoms with E-state index in [0.29, 0.717) is 29.5 Å². The standard InChI is InChI=1S/C19H17ClN4O3/c20-13-5-7-14(8-6-13)22-19(25)23-15-9-21-24(10-15)11-16-12-26-17-3-1-2-4-18(17)27-16/h1-10,16H,11-12H2,(H2,22,23,25). The number of anilines is 2. The van der Waals surface area contributed by atoms with Gasteiger partial charge in [-0.25, -0.2) is 4.79 Å². The van der Waals surface area contributed by atoms with Crippen LogP contribution in [0.3, 0.4) is 0 Å². The Morgan fingerprint density at radius 3 is 2.67 bits per heavy atom. The minimum absolute atomic E-state index is 0.157. The molecule has 2 N–H and O–H groups in total. The van der Waals surface area contributed by atoms with Gasteiger partial charge in [-0.15, -0.1) is 0 Å². The summed E-state index contributed by atoms with van der Waals surface area (Å²) in [4.78, 5) is 12.1. The maximum Gasteiger partial charge on any atom is 0.323 e. The van der Waals surface area contributed by atoms with Crippen molar-refractivity contribution in [3.05, 3.63) is 65.9 Å². The van der Waals surface area contributed by atoms with Crippen LogP contribution in [0.25, 0.3) is 0 Å². The number of halogens is 1. The second-order valence-electron chi connectivity index (χ2n) is 6.03. The van der Waals surface area contributed by atoms with Crippen LogP contribution in [0.2, 0.25) is 5.02 Å². The maximum absolute atomic E-state index is 12.1. The van der Waals surface area contributed by atoms with Crippen molar-refractivity contribution in [2.75, 3.05) is 17.2 Å². The van der Waals surface area contributed by atoms with Crippen molar-refractivity contribution >= 4 is 29.0 Å². The van der Waals surface area contributed by atoms with E-state index in [4.69, 9.17) is 21.1 Å². The molecule has 8 heteroatoms. The third kappa shape index (κ3) is 4.32. The zero-order chi connectivity index (χ0) is 18.6. The fourth-order valence-electron chi connectivity index (χ4n) is 2.72. The highest BCUT2D eigenvalue weighted by molar-refractivity contribution is 6.30. The lowest BCUT2D eigenvalue weighted by Crippen LogP contribution is -2.33. The average Bonchev–Trinajstić information content (AvgIpc) is 3.10. The number of hydrogen-bond donors (Lipinski definition) is 2. The third-order valence-electron chi connectivity index (χ3n) is 3.95. The first kappa shape index (κ1) is 17.2. The molecule has 7 nitrogen and oxygen atoms in total. The quantitative estimate of drug-likeness (QED) is 0.712. The number of amides is 2. The number of carbonyl (C=O) groups excluding carboxylic acids is 1. The van der Waals surface area contributed by atoms with Gasteiger partial charge in [-0.3, -0.25) is 4.68 Å². The molecule has 0 aliphatic carbocycles. The number of nitrogens with zero attached hydrogens (tertiary/aromatic N) is 2. The molecule has 0 saturated carbocycles. The number of hydrogen-bond acceptors (Lipinski definition) is 4. The van der Waals surface area contributed by atoms with Crippen LogP contribution in [0.4, 0.5) is 16.2 Å².